The zero-order valence-corrected chi connectivity index (χ0v) is 12.0. The van der Waals surface area contributed by atoms with Crippen molar-refractivity contribution in [1.82, 2.24) is 0 Å². The Balaban J connectivity index is 2.24. The molecule has 1 heteroatoms. The predicted octanol–water partition coefficient (Wildman–Crippen LogP) is 5.39. The van der Waals surface area contributed by atoms with Gasteiger partial charge in [-0.05, 0) is 54.0 Å². The summed E-state index contributed by atoms with van der Waals surface area (Å²) in [6.45, 7) is 0. The van der Waals surface area contributed by atoms with Gasteiger partial charge < -0.3 is 0 Å². The van der Waals surface area contributed by atoms with Crippen LogP contribution in [0.15, 0.2) is 46.9 Å². The molecule has 92 valence electrons. The summed E-state index contributed by atoms with van der Waals surface area (Å²) in [5, 5.41) is 0. The van der Waals surface area contributed by atoms with Gasteiger partial charge in [0, 0.05) is 4.47 Å². The van der Waals surface area contributed by atoms with Crippen molar-refractivity contribution >= 4 is 15.9 Å². The van der Waals surface area contributed by atoms with Crippen LogP contribution in [-0.2, 0) is 12.8 Å². The fraction of sp³-hybridized carbons (Fsp3) is 0.294. The van der Waals surface area contributed by atoms with Crippen molar-refractivity contribution in [1.29, 1.82) is 0 Å². The number of rotatable bonds is 0. The van der Waals surface area contributed by atoms with Crippen LogP contribution in [0.5, 0.6) is 0 Å². The molecule has 0 radical (unpaired) electrons. The second-order valence-electron chi connectivity index (χ2n) is 4.99. The maximum Gasteiger partial charge on any atom is 0.0256 e. The highest BCUT2D eigenvalue weighted by atomic mass is 79.9. The zero-order valence-electron chi connectivity index (χ0n) is 10.5. The van der Waals surface area contributed by atoms with Crippen LogP contribution in [0.4, 0.5) is 0 Å². The molecule has 1 aliphatic rings. The fourth-order valence-electron chi connectivity index (χ4n) is 2.87. The molecule has 18 heavy (non-hydrogen) atoms. The summed E-state index contributed by atoms with van der Waals surface area (Å²) < 4.78 is 1.23. The first-order valence-electron chi connectivity index (χ1n) is 6.72. The van der Waals surface area contributed by atoms with Crippen molar-refractivity contribution < 1.29 is 0 Å². The molecule has 0 aliphatic heterocycles. The monoisotopic (exact) mass is 300 g/mol. The Morgan fingerprint density at radius 3 is 2.33 bits per heavy atom. The van der Waals surface area contributed by atoms with E-state index >= 15 is 0 Å². The van der Waals surface area contributed by atoms with Crippen LogP contribution in [0.1, 0.15) is 30.4 Å². The Kier molecular flexibility index (Phi) is 3.51. The van der Waals surface area contributed by atoms with E-state index < -0.39 is 0 Å². The minimum atomic E-state index is 1.20. The molecule has 0 saturated carbocycles. The molecule has 0 aromatic heterocycles. The molecule has 0 saturated heterocycles. The Bertz CT molecular complexity index is 557. The number of hydrogen-bond acceptors (Lipinski definition) is 0. The Hall–Kier alpha value is -1.08. The van der Waals surface area contributed by atoms with Crippen LogP contribution < -0.4 is 0 Å². The Morgan fingerprint density at radius 2 is 1.44 bits per heavy atom. The van der Waals surface area contributed by atoms with Gasteiger partial charge in [-0.15, -0.1) is 0 Å². The molecule has 0 bridgehead atoms. The highest BCUT2D eigenvalue weighted by Gasteiger charge is 2.14. The quantitative estimate of drug-likeness (QED) is 0.612. The molecule has 0 atom stereocenters. The first-order valence-corrected chi connectivity index (χ1v) is 7.51. The van der Waals surface area contributed by atoms with Gasteiger partial charge >= 0.3 is 0 Å². The molecule has 2 aromatic carbocycles. The third-order valence-corrected chi connectivity index (χ3v) is 4.44. The summed E-state index contributed by atoms with van der Waals surface area (Å²) in [5.74, 6) is 0. The molecule has 0 heterocycles. The minimum absolute atomic E-state index is 1.20. The molecule has 0 nitrogen and oxygen atoms in total. The molecular weight excluding hydrogens is 284 g/mol. The minimum Gasteiger partial charge on any atom is -0.0620 e. The Labute approximate surface area is 117 Å². The second kappa shape index (κ2) is 5.27. The van der Waals surface area contributed by atoms with E-state index in [0.717, 1.165) is 0 Å². The van der Waals surface area contributed by atoms with Crippen molar-refractivity contribution in [3.05, 3.63) is 58.1 Å². The molecule has 0 fully saturated rings. The smallest absolute Gasteiger partial charge is 0.0256 e. The largest absolute Gasteiger partial charge is 0.0620 e. The van der Waals surface area contributed by atoms with Crippen molar-refractivity contribution in [3.63, 3.8) is 0 Å². The van der Waals surface area contributed by atoms with Gasteiger partial charge in [-0.2, -0.15) is 0 Å². The summed E-state index contributed by atoms with van der Waals surface area (Å²) in [6.07, 6.45) is 6.35. The lowest BCUT2D eigenvalue weighted by Gasteiger charge is -2.14. The highest BCUT2D eigenvalue weighted by molar-refractivity contribution is 9.10. The van der Waals surface area contributed by atoms with E-state index in [0.29, 0.717) is 0 Å². The topological polar surface area (TPSA) is 0 Å². The van der Waals surface area contributed by atoms with Crippen molar-refractivity contribution in [3.8, 4) is 11.1 Å². The van der Waals surface area contributed by atoms with Gasteiger partial charge in [0.15, 0.2) is 0 Å². The normalized spacial score (nSPS) is 14.9. The lowest BCUT2D eigenvalue weighted by atomic mass is 9.93. The standard InChI is InChI=1S/C17H17Br/c18-16-12-6-10-14-9-3-1-2-7-13-8-4-5-11-15(13)17(14)16/h4-6,8,10-12H,1-3,7,9H2. The lowest BCUT2D eigenvalue weighted by Crippen LogP contribution is -1.93. The SMILES string of the molecule is Brc1cccc2c1-c1ccccc1CCCCC2. The van der Waals surface area contributed by atoms with Crippen molar-refractivity contribution in [2.45, 2.75) is 32.1 Å². The number of hydrogen-bond donors (Lipinski definition) is 0. The molecular formula is C17H17Br. The van der Waals surface area contributed by atoms with E-state index in [1.165, 1.54) is 58.8 Å². The van der Waals surface area contributed by atoms with Gasteiger partial charge in [0.05, 0.1) is 0 Å². The van der Waals surface area contributed by atoms with Gasteiger partial charge in [0.1, 0.15) is 0 Å². The number of aryl methyl sites for hydroxylation is 2. The van der Waals surface area contributed by atoms with Crippen molar-refractivity contribution in [2.24, 2.45) is 0 Å². The van der Waals surface area contributed by atoms with E-state index in [9.17, 15) is 0 Å². The van der Waals surface area contributed by atoms with E-state index in [-0.39, 0.29) is 0 Å². The molecule has 2 aromatic rings. The predicted molar refractivity (Wildman–Crippen MR) is 80.8 cm³/mol. The van der Waals surface area contributed by atoms with E-state index in [1.54, 1.807) is 0 Å². The third kappa shape index (κ3) is 2.24. The molecule has 1 aliphatic carbocycles. The van der Waals surface area contributed by atoms with Gasteiger partial charge in [-0.3, -0.25) is 0 Å². The number of benzene rings is 2. The van der Waals surface area contributed by atoms with Crippen LogP contribution in [0.25, 0.3) is 11.1 Å². The summed E-state index contributed by atoms with van der Waals surface area (Å²) in [7, 11) is 0. The van der Waals surface area contributed by atoms with Gasteiger partial charge in [0.25, 0.3) is 0 Å². The first kappa shape index (κ1) is 12.0. The van der Waals surface area contributed by atoms with Crippen LogP contribution in [0.2, 0.25) is 0 Å². The van der Waals surface area contributed by atoms with Crippen LogP contribution in [-0.4, -0.2) is 0 Å². The first-order chi connectivity index (χ1) is 8.86. The van der Waals surface area contributed by atoms with Gasteiger partial charge in [-0.25, -0.2) is 0 Å². The van der Waals surface area contributed by atoms with E-state index in [4.69, 9.17) is 0 Å². The third-order valence-electron chi connectivity index (χ3n) is 3.78. The number of halogens is 1. The summed E-state index contributed by atoms with van der Waals surface area (Å²) >= 11 is 3.74. The van der Waals surface area contributed by atoms with Gasteiger partial charge in [-0.1, -0.05) is 58.7 Å². The average Bonchev–Trinajstić information content (AvgIpc) is 2.48. The van der Waals surface area contributed by atoms with Crippen LogP contribution in [0.3, 0.4) is 0 Å². The van der Waals surface area contributed by atoms with Gasteiger partial charge in [0.2, 0.25) is 0 Å². The summed E-state index contributed by atoms with van der Waals surface area (Å²) in [4.78, 5) is 0. The zero-order chi connectivity index (χ0) is 12.4. The highest BCUT2D eigenvalue weighted by Crippen LogP contribution is 2.36. The van der Waals surface area contributed by atoms with Crippen molar-refractivity contribution in [2.75, 3.05) is 0 Å². The molecule has 0 spiro atoms. The maximum atomic E-state index is 3.74. The lowest BCUT2D eigenvalue weighted by molar-refractivity contribution is 0.683. The average molecular weight is 301 g/mol. The molecule has 0 unspecified atom stereocenters. The Morgan fingerprint density at radius 1 is 0.722 bits per heavy atom. The summed E-state index contributed by atoms with van der Waals surface area (Å²) in [6, 6.07) is 15.5. The van der Waals surface area contributed by atoms with Crippen LogP contribution in [0, 0.1) is 0 Å². The van der Waals surface area contributed by atoms with E-state index in [2.05, 4.69) is 58.4 Å². The molecule has 3 rings (SSSR count). The van der Waals surface area contributed by atoms with E-state index in [1.807, 2.05) is 0 Å². The second-order valence-corrected chi connectivity index (χ2v) is 5.85. The molecule has 0 N–H and O–H groups in total. The number of fused-ring (bicyclic) bond motifs is 3. The maximum absolute atomic E-state index is 3.74. The summed E-state index contributed by atoms with van der Waals surface area (Å²) in [5.41, 5.74) is 5.81. The fourth-order valence-corrected chi connectivity index (χ4v) is 3.49. The van der Waals surface area contributed by atoms with Crippen LogP contribution >= 0.6 is 15.9 Å². The molecule has 0 amide bonds.